The summed E-state index contributed by atoms with van der Waals surface area (Å²) in [5.41, 5.74) is 4.12. The van der Waals surface area contributed by atoms with E-state index >= 15 is 0 Å². The molecule has 1 saturated carbocycles. The molecule has 1 amide bonds. The van der Waals surface area contributed by atoms with Gasteiger partial charge in [-0.25, -0.2) is 0 Å². The van der Waals surface area contributed by atoms with E-state index in [9.17, 15) is 9.59 Å². The minimum Gasteiger partial charge on any atom is -0.481 e. The van der Waals surface area contributed by atoms with Crippen molar-refractivity contribution >= 4 is 17.6 Å². The van der Waals surface area contributed by atoms with E-state index < -0.39 is 5.97 Å². The average Bonchev–Trinajstić information content (AvgIpc) is 2.83. The molecule has 0 saturated heterocycles. The van der Waals surface area contributed by atoms with Crippen LogP contribution in [0.4, 0.5) is 5.69 Å². The first-order valence-corrected chi connectivity index (χ1v) is 7.00. The van der Waals surface area contributed by atoms with Gasteiger partial charge in [0.15, 0.2) is 0 Å². The highest BCUT2D eigenvalue weighted by Crippen LogP contribution is 2.32. The quantitative estimate of drug-likeness (QED) is 0.891. The lowest BCUT2D eigenvalue weighted by molar-refractivity contribution is -0.141. The van der Waals surface area contributed by atoms with Gasteiger partial charge in [0.05, 0.1) is 5.92 Å². The van der Waals surface area contributed by atoms with Crippen LogP contribution in [0.25, 0.3) is 0 Å². The second-order valence-electron chi connectivity index (χ2n) is 5.81. The molecule has 4 heteroatoms. The van der Waals surface area contributed by atoms with Gasteiger partial charge in [0.2, 0.25) is 5.91 Å². The van der Waals surface area contributed by atoms with Crippen molar-refractivity contribution in [3.05, 3.63) is 28.8 Å². The Hall–Kier alpha value is -1.84. The zero-order chi connectivity index (χ0) is 14.9. The van der Waals surface area contributed by atoms with E-state index in [0.717, 1.165) is 16.8 Å². The highest BCUT2D eigenvalue weighted by molar-refractivity contribution is 5.94. The average molecular weight is 275 g/mol. The minimum absolute atomic E-state index is 0.0520. The number of benzene rings is 1. The highest BCUT2D eigenvalue weighted by Gasteiger charge is 2.34. The van der Waals surface area contributed by atoms with Gasteiger partial charge in [-0.15, -0.1) is 0 Å². The zero-order valence-electron chi connectivity index (χ0n) is 12.2. The third-order valence-corrected chi connectivity index (χ3v) is 4.08. The minimum atomic E-state index is -0.789. The predicted octanol–water partition coefficient (Wildman–Crippen LogP) is 3.05. The Morgan fingerprint density at radius 2 is 1.65 bits per heavy atom. The van der Waals surface area contributed by atoms with Crippen LogP contribution in [0, 0.1) is 32.6 Å². The summed E-state index contributed by atoms with van der Waals surface area (Å²) in [5, 5.41) is 12.0. The molecule has 1 aromatic carbocycles. The van der Waals surface area contributed by atoms with Gasteiger partial charge >= 0.3 is 5.97 Å². The lowest BCUT2D eigenvalue weighted by atomic mass is 10.0. The Morgan fingerprint density at radius 1 is 1.10 bits per heavy atom. The molecule has 108 valence electrons. The van der Waals surface area contributed by atoms with Crippen LogP contribution in [0.5, 0.6) is 0 Å². The SMILES string of the molecule is Cc1cc(C)c(NC(=O)[C@@H]2CC[C@H](C(=O)O)C2)c(C)c1. The summed E-state index contributed by atoms with van der Waals surface area (Å²) in [5.74, 6) is -1.39. The first kappa shape index (κ1) is 14.6. The molecule has 20 heavy (non-hydrogen) atoms. The summed E-state index contributed by atoms with van der Waals surface area (Å²) in [7, 11) is 0. The normalized spacial score (nSPS) is 21.8. The Balaban J connectivity index is 2.08. The molecule has 1 aliphatic carbocycles. The summed E-state index contributed by atoms with van der Waals surface area (Å²) in [6.07, 6.45) is 1.71. The van der Waals surface area contributed by atoms with Crippen LogP contribution >= 0.6 is 0 Å². The molecule has 1 aliphatic rings. The molecule has 2 N–H and O–H groups in total. The van der Waals surface area contributed by atoms with Gasteiger partial charge in [0, 0.05) is 11.6 Å². The number of aryl methyl sites for hydroxylation is 3. The summed E-state index contributed by atoms with van der Waals surface area (Å²) in [4.78, 5) is 23.2. The van der Waals surface area contributed by atoms with Gasteiger partial charge in [-0.2, -0.15) is 0 Å². The maximum absolute atomic E-state index is 12.3. The van der Waals surface area contributed by atoms with E-state index in [1.807, 2.05) is 32.9 Å². The van der Waals surface area contributed by atoms with Crippen LogP contribution in [-0.4, -0.2) is 17.0 Å². The summed E-state index contributed by atoms with van der Waals surface area (Å²) in [6, 6.07) is 4.08. The number of hydrogen-bond donors (Lipinski definition) is 2. The fourth-order valence-corrected chi connectivity index (χ4v) is 3.05. The molecular weight excluding hydrogens is 254 g/mol. The predicted molar refractivity (Wildman–Crippen MR) is 77.7 cm³/mol. The molecule has 0 spiro atoms. The first-order valence-electron chi connectivity index (χ1n) is 7.00. The standard InChI is InChI=1S/C16H21NO3/c1-9-6-10(2)14(11(3)7-9)17-15(18)12-4-5-13(8-12)16(19)20/h6-7,12-13H,4-5,8H2,1-3H3,(H,17,18)(H,19,20)/t12-,13+/m1/s1. The van der Waals surface area contributed by atoms with Gasteiger partial charge < -0.3 is 10.4 Å². The van der Waals surface area contributed by atoms with Gasteiger partial charge in [0.25, 0.3) is 0 Å². The Labute approximate surface area is 119 Å². The van der Waals surface area contributed by atoms with Crippen LogP contribution < -0.4 is 5.32 Å². The number of anilines is 1. The molecule has 1 fully saturated rings. The molecule has 1 aromatic rings. The number of carbonyl (C=O) groups excluding carboxylic acids is 1. The highest BCUT2D eigenvalue weighted by atomic mass is 16.4. The van der Waals surface area contributed by atoms with Crippen molar-refractivity contribution in [3.63, 3.8) is 0 Å². The maximum Gasteiger partial charge on any atom is 0.306 e. The smallest absolute Gasteiger partial charge is 0.306 e. The first-order chi connectivity index (χ1) is 9.38. The van der Waals surface area contributed by atoms with Crippen LogP contribution in [0.2, 0.25) is 0 Å². The van der Waals surface area contributed by atoms with E-state index in [4.69, 9.17) is 5.11 Å². The summed E-state index contributed by atoms with van der Waals surface area (Å²) < 4.78 is 0. The molecule has 2 rings (SSSR count). The van der Waals surface area contributed by atoms with Crippen LogP contribution in [0.1, 0.15) is 36.0 Å². The van der Waals surface area contributed by atoms with Crippen LogP contribution in [0.3, 0.4) is 0 Å². The number of rotatable bonds is 3. The number of carboxylic acids is 1. The number of carboxylic acid groups (broad SMARTS) is 1. The lowest BCUT2D eigenvalue weighted by Gasteiger charge is -2.15. The van der Waals surface area contributed by atoms with Crippen molar-refractivity contribution < 1.29 is 14.7 Å². The number of amides is 1. The maximum atomic E-state index is 12.3. The van der Waals surface area contributed by atoms with Gasteiger partial charge in [-0.3, -0.25) is 9.59 Å². The van der Waals surface area contributed by atoms with E-state index in [-0.39, 0.29) is 17.7 Å². The molecule has 0 heterocycles. The topological polar surface area (TPSA) is 66.4 Å². The largest absolute Gasteiger partial charge is 0.481 e. The van der Waals surface area contributed by atoms with Crippen LogP contribution in [0.15, 0.2) is 12.1 Å². The van der Waals surface area contributed by atoms with E-state index in [1.165, 1.54) is 5.56 Å². The Bertz CT molecular complexity index is 528. The van der Waals surface area contributed by atoms with Crippen LogP contribution in [-0.2, 0) is 9.59 Å². The van der Waals surface area contributed by atoms with E-state index in [2.05, 4.69) is 5.32 Å². The van der Waals surface area contributed by atoms with Gasteiger partial charge in [-0.05, 0) is 51.2 Å². The van der Waals surface area contributed by atoms with Crippen molar-refractivity contribution in [2.75, 3.05) is 5.32 Å². The number of carbonyl (C=O) groups is 2. The van der Waals surface area contributed by atoms with Crippen molar-refractivity contribution in [1.29, 1.82) is 0 Å². The van der Waals surface area contributed by atoms with Crippen molar-refractivity contribution in [1.82, 2.24) is 0 Å². The monoisotopic (exact) mass is 275 g/mol. The number of aliphatic carboxylic acids is 1. The molecule has 0 radical (unpaired) electrons. The lowest BCUT2D eigenvalue weighted by Crippen LogP contribution is -2.22. The molecule has 0 unspecified atom stereocenters. The molecule has 0 aliphatic heterocycles. The zero-order valence-corrected chi connectivity index (χ0v) is 12.2. The Kier molecular flexibility index (Phi) is 4.12. The summed E-state index contributed by atoms with van der Waals surface area (Å²) in [6.45, 7) is 5.98. The van der Waals surface area contributed by atoms with E-state index in [1.54, 1.807) is 0 Å². The van der Waals surface area contributed by atoms with E-state index in [0.29, 0.717) is 19.3 Å². The van der Waals surface area contributed by atoms with Gasteiger partial charge in [0.1, 0.15) is 0 Å². The second-order valence-corrected chi connectivity index (χ2v) is 5.81. The van der Waals surface area contributed by atoms with Crippen molar-refractivity contribution in [3.8, 4) is 0 Å². The second kappa shape index (κ2) is 5.65. The fraction of sp³-hybridized carbons (Fsp3) is 0.500. The van der Waals surface area contributed by atoms with Gasteiger partial charge in [-0.1, -0.05) is 17.7 Å². The fourth-order valence-electron chi connectivity index (χ4n) is 3.05. The third kappa shape index (κ3) is 3.00. The molecule has 4 nitrogen and oxygen atoms in total. The number of nitrogens with one attached hydrogen (secondary N) is 1. The summed E-state index contributed by atoms with van der Waals surface area (Å²) >= 11 is 0. The van der Waals surface area contributed by atoms with Crippen molar-refractivity contribution in [2.45, 2.75) is 40.0 Å². The third-order valence-electron chi connectivity index (χ3n) is 4.08. The number of hydrogen-bond acceptors (Lipinski definition) is 2. The molecule has 0 bridgehead atoms. The molecule has 2 atom stereocenters. The Morgan fingerprint density at radius 3 is 2.15 bits per heavy atom. The molecule has 0 aromatic heterocycles. The molecular formula is C16H21NO3. The van der Waals surface area contributed by atoms with Crippen molar-refractivity contribution in [2.24, 2.45) is 11.8 Å².